The average molecular weight is 337 g/mol. The first-order valence-electron chi connectivity index (χ1n) is 6.47. The molecule has 0 aliphatic carbocycles. The average Bonchev–Trinajstić information content (AvgIpc) is 2.43. The number of rotatable bonds is 3. The van der Waals surface area contributed by atoms with Crippen molar-refractivity contribution >= 4 is 35.3 Å². The van der Waals surface area contributed by atoms with Gasteiger partial charge in [-0.15, -0.1) is 0 Å². The van der Waals surface area contributed by atoms with Crippen molar-refractivity contribution in [3.05, 3.63) is 62.6 Å². The zero-order valence-corrected chi connectivity index (χ0v) is 13.5. The van der Waals surface area contributed by atoms with Gasteiger partial charge in [-0.2, -0.15) is 5.10 Å². The number of nitrogens with zero attached hydrogens (tertiary/aromatic N) is 1. The number of carbonyl (C=O) groups excluding carboxylic acids is 1. The number of amides is 1. The Hall–Kier alpha value is -2.04. The highest BCUT2D eigenvalue weighted by Crippen LogP contribution is 2.29. The molecule has 2 rings (SSSR count). The Bertz CT molecular complexity index is 758. The summed E-state index contributed by atoms with van der Waals surface area (Å²) in [5.74, 6) is -0.475. The molecule has 114 valence electrons. The molecular weight excluding hydrogens is 323 g/mol. The van der Waals surface area contributed by atoms with Crippen LogP contribution in [0.25, 0.3) is 0 Å². The van der Waals surface area contributed by atoms with E-state index in [4.69, 9.17) is 23.2 Å². The maximum absolute atomic E-state index is 12.0. The van der Waals surface area contributed by atoms with Gasteiger partial charge in [0.05, 0.1) is 11.2 Å². The van der Waals surface area contributed by atoms with Crippen LogP contribution in [0.2, 0.25) is 10.0 Å². The maximum atomic E-state index is 12.0. The van der Waals surface area contributed by atoms with E-state index in [2.05, 4.69) is 10.5 Å². The van der Waals surface area contributed by atoms with E-state index in [0.29, 0.717) is 16.1 Å². The van der Waals surface area contributed by atoms with Crippen molar-refractivity contribution in [2.45, 2.75) is 13.8 Å². The van der Waals surface area contributed by atoms with Gasteiger partial charge in [0.25, 0.3) is 5.91 Å². The molecule has 2 aromatic rings. The molecule has 2 aromatic carbocycles. The van der Waals surface area contributed by atoms with Gasteiger partial charge < -0.3 is 5.11 Å². The molecule has 0 spiro atoms. The quantitative estimate of drug-likeness (QED) is 0.655. The monoisotopic (exact) mass is 336 g/mol. The normalized spacial score (nSPS) is 10.9. The largest absolute Gasteiger partial charge is 0.506 e. The minimum Gasteiger partial charge on any atom is -0.506 e. The summed E-state index contributed by atoms with van der Waals surface area (Å²) in [5.41, 5.74) is 5.21. The summed E-state index contributed by atoms with van der Waals surface area (Å²) in [4.78, 5) is 12.0. The fraction of sp³-hybridized carbons (Fsp3) is 0.125. The predicted octanol–water partition coefficient (Wildman–Crippen LogP) is 4.08. The van der Waals surface area contributed by atoms with Gasteiger partial charge in [0.2, 0.25) is 0 Å². The van der Waals surface area contributed by atoms with E-state index in [1.54, 1.807) is 6.07 Å². The lowest BCUT2D eigenvalue weighted by atomic mass is 10.1. The topological polar surface area (TPSA) is 61.7 Å². The number of carbonyl (C=O) groups is 1. The molecule has 0 saturated carbocycles. The third-order valence-electron chi connectivity index (χ3n) is 3.05. The molecule has 0 aromatic heterocycles. The summed E-state index contributed by atoms with van der Waals surface area (Å²) >= 11 is 11.7. The number of aryl methyl sites for hydroxylation is 2. The summed E-state index contributed by atoms with van der Waals surface area (Å²) < 4.78 is 0. The van der Waals surface area contributed by atoms with E-state index in [9.17, 15) is 9.90 Å². The van der Waals surface area contributed by atoms with Gasteiger partial charge in [0.1, 0.15) is 5.75 Å². The van der Waals surface area contributed by atoms with E-state index in [-0.39, 0.29) is 16.7 Å². The Morgan fingerprint density at radius 1 is 1.23 bits per heavy atom. The number of hydrazone groups is 1. The molecule has 6 heteroatoms. The maximum Gasteiger partial charge on any atom is 0.271 e. The number of phenolic OH excluding ortho intramolecular Hbond substituents is 1. The molecule has 0 fully saturated rings. The van der Waals surface area contributed by atoms with Crippen LogP contribution in [0.15, 0.2) is 35.4 Å². The number of phenols is 1. The summed E-state index contributed by atoms with van der Waals surface area (Å²) in [6, 6.07) is 8.43. The minimum absolute atomic E-state index is 0.120. The predicted molar refractivity (Wildman–Crippen MR) is 89.1 cm³/mol. The van der Waals surface area contributed by atoms with Crippen molar-refractivity contribution < 1.29 is 9.90 Å². The number of hydrogen-bond acceptors (Lipinski definition) is 3. The van der Waals surface area contributed by atoms with Crippen LogP contribution in [0.3, 0.4) is 0 Å². The highest BCUT2D eigenvalue weighted by Gasteiger charge is 2.09. The Kier molecular flexibility index (Phi) is 5.06. The van der Waals surface area contributed by atoms with Crippen molar-refractivity contribution in [3.63, 3.8) is 0 Å². The lowest BCUT2D eigenvalue weighted by Gasteiger charge is -2.05. The molecule has 4 nitrogen and oxygen atoms in total. The third-order valence-corrected chi connectivity index (χ3v) is 3.56. The molecule has 1 amide bonds. The van der Waals surface area contributed by atoms with E-state index in [1.165, 1.54) is 18.3 Å². The van der Waals surface area contributed by atoms with Crippen molar-refractivity contribution in [2.75, 3.05) is 0 Å². The number of nitrogens with one attached hydrogen (secondary N) is 1. The minimum atomic E-state index is -0.332. The van der Waals surface area contributed by atoms with Crippen LogP contribution in [0.5, 0.6) is 5.75 Å². The number of benzene rings is 2. The Balaban J connectivity index is 2.14. The lowest BCUT2D eigenvalue weighted by Crippen LogP contribution is -2.18. The van der Waals surface area contributed by atoms with Crippen LogP contribution in [-0.2, 0) is 0 Å². The van der Waals surface area contributed by atoms with Crippen LogP contribution in [0, 0.1) is 13.8 Å². The fourth-order valence-electron chi connectivity index (χ4n) is 1.97. The van der Waals surface area contributed by atoms with E-state index in [1.807, 2.05) is 26.0 Å². The number of aromatic hydroxyl groups is 1. The molecule has 0 unspecified atom stereocenters. The first kappa shape index (κ1) is 16.3. The second-order valence-electron chi connectivity index (χ2n) is 4.84. The molecule has 0 atom stereocenters. The van der Waals surface area contributed by atoms with Gasteiger partial charge in [-0.25, -0.2) is 5.43 Å². The molecule has 0 heterocycles. The first-order valence-corrected chi connectivity index (χ1v) is 7.22. The number of halogens is 2. The zero-order chi connectivity index (χ0) is 16.3. The van der Waals surface area contributed by atoms with Gasteiger partial charge >= 0.3 is 0 Å². The molecule has 0 bridgehead atoms. The molecule has 22 heavy (non-hydrogen) atoms. The van der Waals surface area contributed by atoms with E-state index >= 15 is 0 Å². The van der Waals surface area contributed by atoms with Gasteiger partial charge in [0, 0.05) is 16.1 Å². The molecule has 0 saturated heterocycles. The van der Waals surface area contributed by atoms with E-state index < -0.39 is 0 Å². The summed E-state index contributed by atoms with van der Waals surface area (Å²) in [7, 11) is 0. The lowest BCUT2D eigenvalue weighted by molar-refractivity contribution is 0.0954. The molecule has 0 radical (unpaired) electrons. The summed E-state index contributed by atoms with van der Waals surface area (Å²) in [6.45, 7) is 3.81. The number of hydrogen-bond donors (Lipinski definition) is 2. The summed E-state index contributed by atoms with van der Waals surface area (Å²) in [5, 5.41) is 14.1. The van der Waals surface area contributed by atoms with Crippen LogP contribution < -0.4 is 5.43 Å². The SMILES string of the molecule is Cc1ccc(C(=O)N/N=C/c2cc(Cl)cc(Cl)c2O)c(C)c1. The molecule has 0 aliphatic rings. The standard InChI is InChI=1S/C16H14Cl2N2O2/c1-9-3-4-13(10(2)5-9)16(22)20-19-8-11-6-12(17)7-14(18)15(11)21/h3-8,21H,1-2H3,(H,20,22)/b19-8+. The van der Waals surface area contributed by atoms with Gasteiger partial charge in [-0.05, 0) is 37.6 Å². The highest BCUT2D eigenvalue weighted by molar-refractivity contribution is 6.36. The van der Waals surface area contributed by atoms with Gasteiger partial charge in [-0.1, -0.05) is 40.9 Å². The van der Waals surface area contributed by atoms with Crippen molar-refractivity contribution in [3.8, 4) is 5.75 Å². The Morgan fingerprint density at radius 2 is 1.95 bits per heavy atom. The van der Waals surface area contributed by atoms with E-state index in [0.717, 1.165) is 11.1 Å². The Morgan fingerprint density at radius 3 is 2.64 bits per heavy atom. The van der Waals surface area contributed by atoms with Crippen LogP contribution in [0.1, 0.15) is 27.0 Å². The van der Waals surface area contributed by atoms with Crippen LogP contribution in [-0.4, -0.2) is 17.2 Å². The third kappa shape index (κ3) is 3.78. The van der Waals surface area contributed by atoms with Crippen LogP contribution >= 0.6 is 23.2 Å². The van der Waals surface area contributed by atoms with Crippen LogP contribution in [0.4, 0.5) is 0 Å². The molecule has 0 aliphatic heterocycles. The first-order chi connectivity index (χ1) is 10.4. The highest BCUT2D eigenvalue weighted by atomic mass is 35.5. The van der Waals surface area contributed by atoms with Crippen molar-refractivity contribution in [2.24, 2.45) is 5.10 Å². The molecule has 2 N–H and O–H groups in total. The second kappa shape index (κ2) is 6.81. The summed E-state index contributed by atoms with van der Waals surface area (Å²) in [6.07, 6.45) is 1.29. The van der Waals surface area contributed by atoms with Gasteiger partial charge in [-0.3, -0.25) is 4.79 Å². The van der Waals surface area contributed by atoms with Crippen molar-refractivity contribution in [1.29, 1.82) is 0 Å². The van der Waals surface area contributed by atoms with Gasteiger partial charge in [0.15, 0.2) is 0 Å². The Labute approximate surface area is 138 Å². The smallest absolute Gasteiger partial charge is 0.271 e. The van der Waals surface area contributed by atoms with Crippen molar-refractivity contribution in [1.82, 2.24) is 5.43 Å². The second-order valence-corrected chi connectivity index (χ2v) is 5.69. The molecular formula is C16H14Cl2N2O2. The fourth-order valence-corrected chi connectivity index (χ4v) is 2.48. The zero-order valence-electron chi connectivity index (χ0n) is 12.0.